The summed E-state index contributed by atoms with van der Waals surface area (Å²) in [6.07, 6.45) is 1.77. The van der Waals surface area contributed by atoms with Gasteiger partial charge in [0.15, 0.2) is 0 Å². The first-order valence-electron chi connectivity index (χ1n) is 7.12. The molecule has 0 radical (unpaired) electrons. The zero-order valence-electron chi connectivity index (χ0n) is 13.7. The second-order valence-electron chi connectivity index (χ2n) is 6.85. The summed E-state index contributed by atoms with van der Waals surface area (Å²) in [5, 5.41) is 18.7. The molecule has 4 heteroatoms. The Kier molecular flexibility index (Phi) is 6.00. The SMILES string of the molecule is CCC(CC)C(C)(C)C(=C(C(=O)O)C(=O)O)C(C)(C)C. The largest absolute Gasteiger partial charge is 0.477 e. The van der Waals surface area contributed by atoms with Crippen LogP contribution in [0, 0.1) is 16.7 Å². The number of carbonyl (C=O) groups is 2. The normalized spacial score (nSPS) is 12.4. The van der Waals surface area contributed by atoms with E-state index in [1.54, 1.807) is 0 Å². The Bertz CT molecular complexity index is 391. The second kappa shape index (κ2) is 6.42. The molecule has 0 amide bonds. The summed E-state index contributed by atoms with van der Waals surface area (Å²) < 4.78 is 0. The topological polar surface area (TPSA) is 74.6 Å². The van der Waals surface area contributed by atoms with Gasteiger partial charge in [-0.1, -0.05) is 61.3 Å². The third kappa shape index (κ3) is 3.84. The van der Waals surface area contributed by atoms with Crippen molar-refractivity contribution in [2.45, 2.75) is 61.3 Å². The van der Waals surface area contributed by atoms with Crippen molar-refractivity contribution in [3.05, 3.63) is 11.1 Å². The Balaban J connectivity index is 6.40. The van der Waals surface area contributed by atoms with E-state index >= 15 is 0 Å². The fourth-order valence-electron chi connectivity index (χ4n) is 3.48. The maximum atomic E-state index is 11.4. The van der Waals surface area contributed by atoms with E-state index in [1.165, 1.54) is 0 Å². The molecular formula is C16H28O4. The van der Waals surface area contributed by atoms with Gasteiger partial charge in [-0.3, -0.25) is 0 Å². The summed E-state index contributed by atoms with van der Waals surface area (Å²) in [4.78, 5) is 22.9. The first kappa shape index (κ1) is 18.7. The van der Waals surface area contributed by atoms with Gasteiger partial charge >= 0.3 is 11.9 Å². The zero-order valence-corrected chi connectivity index (χ0v) is 13.7. The van der Waals surface area contributed by atoms with Crippen molar-refractivity contribution in [1.29, 1.82) is 0 Å². The molecule has 0 atom stereocenters. The highest BCUT2D eigenvalue weighted by Gasteiger charge is 2.42. The molecule has 0 aliphatic rings. The standard InChI is InChI=1S/C16H28O4/c1-8-10(9-2)16(6,7)12(15(3,4)5)11(13(17)18)14(19)20/h10H,8-9H2,1-7H3,(H,17,18)(H,19,20). The van der Waals surface area contributed by atoms with E-state index in [0.29, 0.717) is 5.57 Å². The van der Waals surface area contributed by atoms with Crippen molar-refractivity contribution >= 4 is 11.9 Å². The van der Waals surface area contributed by atoms with Gasteiger partial charge in [-0.2, -0.15) is 0 Å². The average Bonchev–Trinajstić information content (AvgIpc) is 2.23. The molecule has 0 aromatic carbocycles. The van der Waals surface area contributed by atoms with Gasteiger partial charge in [-0.15, -0.1) is 0 Å². The second-order valence-corrected chi connectivity index (χ2v) is 6.85. The van der Waals surface area contributed by atoms with E-state index in [-0.39, 0.29) is 5.92 Å². The Morgan fingerprint density at radius 3 is 1.45 bits per heavy atom. The Hall–Kier alpha value is -1.32. The van der Waals surface area contributed by atoms with Crippen LogP contribution in [-0.2, 0) is 9.59 Å². The Morgan fingerprint density at radius 2 is 1.25 bits per heavy atom. The first-order valence-corrected chi connectivity index (χ1v) is 7.12. The van der Waals surface area contributed by atoms with Crippen LogP contribution in [0.3, 0.4) is 0 Å². The minimum Gasteiger partial charge on any atom is -0.477 e. The van der Waals surface area contributed by atoms with Gasteiger partial charge in [0.2, 0.25) is 0 Å². The zero-order chi connectivity index (χ0) is 16.3. The minimum atomic E-state index is -1.36. The first-order chi connectivity index (χ1) is 8.91. The fraction of sp³-hybridized carbons (Fsp3) is 0.750. The van der Waals surface area contributed by atoms with Crippen LogP contribution in [0.2, 0.25) is 0 Å². The van der Waals surface area contributed by atoms with E-state index in [1.807, 2.05) is 34.6 Å². The number of carboxylic acids is 2. The van der Waals surface area contributed by atoms with Crippen LogP contribution in [0.15, 0.2) is 11.1 Å². The summed E-state index contributed by atoms with van der Waals surface area (Å²) in [5.74, 6) is -2.48. The monoisotopic (exact) mass is 284 g/mol. The summed E-state index contributed by atoms with van der Waals surface area (Å²) in [5.41, 5.74) is -0.959. The van der Waals surface area contributed by atoms with Crippen LogP contribution >= 0.6 is 0 Å². The van der Waals surface area contributed by atoms with Crippen LogP contribution in [-0.4, -0.2) is 22.2 Å². The smallest absolute Gasteiger partial charge is 0.343 e. The molecule has 0 bridgehead atoms. The van der Waals surface area contributed by atoms with Gasteiger partial charge in [0.1, 0.15) is 5.57 Å². The van der Waals surface area contributed by atoms with Crippen molar-refractivity contribution in [2.75, 3.05) is 0 Å². The molecule has 0 fully saturated rings. The van der Waals surface area contributed by atoms with Gasteiger partial charge in [0.25, 0.3) is 0 Å². The minimum absolute atomic E-state index is 0.241. The molecule has 0 aliphatic heterocycles. The van der Waals surface area contributed by atoms with Gasteiger partial charge in [-0.05, 0) is 22.3 Å². The molecule has 0 aromatic heterocycles. The highest BCUT2D eigenvalue weighted by Crippen LogP contribution is 2.48. The summed E-state index contributed by atoms with van der Waals surface area (Å²) in [6, 6.07) is 0. The maximum Gasteiger partial charge on any atom is 0.343 e. The lowest BCUT2D eigenvalue weighted by Gasteiger charge is -2.42. The molecule has 0 saturated carbocycles. The molecule has 0 spiro atoms. The van der Waals surface area contributed by atoms with Crippen molar-refractivity contribution in [3.63, 3.8) is 0 Å². The molecule has 0 aromatic rings. The molecule has 116 valence electrons. The predicted octanol–water partition coefficient (Wildman–Crippen LogP) is 3.96. The van der Waals surface area contributed by atoms with E-state index in [4.69, 9.17) is 0 Å². The molecular weight excluding hydrogens is 256 g/mol. The lowest BCUT2D eigenvalue weighted by molar-refractivity contribution is -0.140. The highest BCUT2D eigenvalue weighted by atomic mass is 16.4. The van der Waals surface area contributed by atoms with Crippen LogP contribution in [0.4, 0.5) is 0 Å². The van der Waals surface area contributed by atoms with Gasteiger partial charge in [-0.25, -0.2) is 9.59 Å². The van der Waals surface area contributed by atoms with E-state index in [9.17, 15) is 19.8 Å². The lowest BCUT2D eigenvalue weighted by atomic mass is 9.61. The molecule has 0 rings (SSSR count). The fourth-order valence-corrected chi connectivity index (χ4v) is 3.48. The number of hydrogen-bond donors (Lipinski definition) is 2. The quantitative estimate of drug-likeness (QED) is 0.440. The number of aliphatic carboxylic acids is 2. The number of hydrogen-bond acceptors (Lipinski definition) is 2. The molecule has 0 heterocycles. The Labute approximate surface area is 121 Å². The maximum absolute atomic E-state index is 11.4. The number of carboxylic acid groups (broad SMARTS) is 2. The van der Waals surface area contributed by atoms with Crippen molar-refractivity contribution in [2.24, 2.45) is 16.7 Å². The molecule has 0 saturated heterocycles. The van der Waals surface area contributed by atoms with Gasteiger partial charge in [0, 0.05) is 0 Å². The number of allylic oxidation sites excluding steroid dienone is 1. The van der Waals surface area contributed by atoms with Gasteiger partial charge < -0.3 is 10.2 Å². The summed E-state index contributed by atoms with van der Waals surface area (Å²) >= 11 is 0. The third-order valence-electron chi connectivity index (χ3n) is 4.08. The molecule has 4 nitrogen and oxygen atoms in total. The molecule has 0 unspecified atom stereocenters. The van der Waals surface area contributed by atoms with E-state index in [0.717, 1.165) is 12.8 Å². The van der Waals surface area contributed by atoms with Gasteiger partial charge in [0.05, 0.1) is 0 Å². The Morgan fingerprint density at radius 1 is 0.900 bits per heavy atom. The van der Waals surface area contributed by atoms with Crippen LogP contribution in [0.25, 0.3) is 0 Å². The third-order valence-corrected chi connectivity index (χ3v) is 4.08. The number of rotatable bonds is 6. The molecule has 0 aliphatic carbocycles. The summed E-state index contributed by atoms with van der Waals surface area (Å²) in [6.45, 7) is 13.6. The van der Waals surface area contributed by atoms with Crippen LogP contribution in [0.5, 0.6) is 0 Å². The van der Waals surface area contributed by atoms with E-state index < -0.39 is 28.3 Å². The van der Waals surface area contributed by atoms with Crippen molar-refractivity contribution in [3.8, 4) is 0 Å². The average molecular weight is 284 g/mol. The van der Waals surface area contributed by atoms with Crippen molar-refractivity contribution in [1.82, 2.24) is 0 Å². The van der Waals surface area contributed by atoms with E-state index in [2.05, 4.69) is 13.8 Å². The van der Waals surface area contributed by atoms with Crippen LogP contribution in [0.1, 0.15) is 61.3 Å². The molecule has 20 heavy (non-hydrogen) atoms. The lowest BCUT2D eigenvalue weighted by Crippen LogP contribution is -2.36. The van der Waals surface area contributed by atoms with Crippen molar-refractivity contribution < 1.29 is 19.8 Å². The predicted molar refractivity (Wildman–Crippen MR) is 79.6 cm³/mol. The highest BCUT2D eigenvalue weighted by molar-refractivity contribution is 6.13. The summed E-state index contributed by atoms with van der Waals surface area (Å²) in [7, 11) is 0. The van der Waals surface area contributed by atoms with Crippen LogP contribution < -0.4 is 0 Å². The molecule has 2 N–H and O–H groups in total.